The highest BCUT2D eigenvalue weighted by Gasteiger charge is 2.13. The summed E-state index contributed by atoms with van der Waals surface area (Å²) in [6.45, 7) is 5.25. The van der Waals surface area contributed by atoms with E-state index in [0.29, 0.717) is 24.6 Å². The first-order valence-electron chi connectivity index (χ1n) is 7.45. The predicted octanol–water partition coefficient (Wildman–Crippen LogP) is 2.29. The summed E-state index contributed by atoms with van der Waals surface area (Å²) < 4.78 is 6.96. The molecule has 1 N–H and O–H groups in total. The summed E-state index contributed by atoms with van der Waals surface area (Å²) >= 11 is 0. The highest BCUT2D eigenvalue weighted by Crippen LogP contribution is 2.27. The first-order valence-corrected chi connectivity index (χ1v) is 7.45. The lowest BCUT2D eigenvalue weighted by molar-refractivity contribution is 0.415. The van der Waals surface area contributed by atoms with Crippen LogP contribution >= 0.6 is 0 Å². The van der Waals surface area contributed by atoms with Gasteiger partial charge in [-0.2, -0.15) is 5.10 Å². The van der Waals surface area contributed by atoms with Gasteiger partial charge < -0.3 is 10.1 Å². The monoisotopic (exact) mass is 301 g/mol. The molecule has 0 atom stereocenters. The maximum atomic E-state index is 12.5. The Morgan fingerprint density at radius 1 is 1.32 bits per heavy atom. The van der Waals surface area contributed by atoms with Crippen LogP contribution in [0.3, 0.4) is 0 Å². The average Bonchev–Trinajstić information content (AvgIpc) is 2.50. The van der Waals surface area contributed by atoms with Gasteiger partial charge in [-0.05, 0) is 31.2 Å². The SMILES string of the molecule is CNCc1cc(-c2ccccc2OC)nn(CC(C)C)c1=O. The zero-order chi connectivity index (χ0) is 16.1. The van der Waals surface area contributed by atoms with Crippen LogP contribution in [0.1, 0.15) is 19.4 Å². The van der Waals surface area contributed by atoms with Gasteiger partial charge in [0.15, 0.2) is 0 Å². The van der Waals surface area contributed by atoms with Gasteiger partial charge >= 0.3 is 0 Å². The van der Waals surface area contributed by atoms with Crippen LogP contribution in [0.4, 0.5) is 0 Å². The fourth-order valence-corrected chi connectivity index (χ4v) is 2.37. The third-order valence-corrected chi connectivity index (χ3v) is 3.34. The second kappa shape index (κ2) is 7.22. The van der Waals surface area contributed by atoms with Crippen molar-refractivity contribution in [2.24, 2.45) is 5.92 Å². The van der Waals surface area contributed by atoms with Gasteiger partial charge in [0.2, 0.25) is 0 Å². The third-order valence-electron chi connectivity index (χ3n) is 3.34. The normalized spacial score (nSPS) is 11.0. The number of hydrogen-bond donors (Lipinski definition) is 1. The van der Waals surface area contributed by atoms with Crippen molar-refractivity contribution in [3.63, 3.8) is 0 Å². The molecule has 0 amide bonds. The summed E-state index contributed by atoms with van der Waals surface area (Å²) in [4.78, 5) is 12.5. The quantitative estimate of drug-likeness (QED) is 0.889. The van der Waals surface area contributed by atoms with Gasteiger partial charge in [-0.1, -0.05) is 26.0 Å². The number of benzene rings is 1. The van der Waals surface area contributed by atoms with Crippen LogP contribution < -0.4 is 15.6 Å². The van der Waals surface area contributed by atoms with Crippen molar-refractivity contribution in [3.05, 3.63) is 46.2 Å². The molecule has 0 radical (unpaired) electrons. The predicted molar refractivity (Wildman–Crippen MR) is 88.1 cm³/mol. The number of methoxy groups -OCH3 is 1. The van der Waals surface area contributed by atoms with Gasteiger partial charge in [-0.3, -0.25) is 4.79 Å². The smallest absolute Gasteiger partial charge is 0.271 e. The summed E-state index contributed by atoms with van der Waals surface area (Å²) in [6.07, 6.45) is 0. The van der Waals surface area contributed by atoms with Crippen LogP contribution in [0.15, 0.2) is 35.1 Å². The maximum Gasteiger partial charge on any atom is 0.271 e. The highest BCUT2D eigenvalue weighted by molar-refractivity contribution is 5.67. The van der Waals surface area contributed by atoms with E-state index in [1.807, 2.05) is 37.4 Å². The fraction of sp³-hybridized carbons (Fsp3) is 0.412. The Kier molecular flexibility index (Phi) is 5.33. The topological polar surface area (TPSA) is 56.1 Å². The Morgan fingerprint density at radius 2 is 2.05 bits per heavy atom. The Morgan fingerprint density at radius 3 is 2.68 bits per heavy atom. The number of nitrogens with one attached hydrogen (secondary N) is 1. The molecule has 5 heteroatoms. The molecule has 1 aromatic heterocycles. The lowest BCUT2D eigenvalue weighted by atomic mass is 10.1. The molecular weight excluding hydrogens is 278 g/mol. The molecule has 0 saturated heterocycles. The molecule has 5 nitrogen and oxygen atoms in total. The second-order valence-electron chi connectivity index (χ2n) is 5.67. The molecule has 0 unspecified atom stereocenters. The number of hydrogen-bond acceptors (Lipinski definition) is 4. The Hall–Kier alpha value is -2.14. The van der Waals surface area contributed by atoms with E-state index in [4.69, 9.17) is 4.74 Å². The molecule has 0 aliphatic rings. The van der Waals surface area contributed by atoms with Crippen LogP contribution in [0.5, 0.6) is 5.75 Å². The molecule has 1 aromatic carbocycles. The van der Waals surface area contributed by atoms with E-state index in [2.05, 4.69) is 24.3 Å². The van der Waals surface area contributed by atoms with Crippen LogP contribution in [-0.4, -0.2) is 23.9 Å². The minimum absolute atomic E-state index is 0.0401. The van der Waals surface area contributed by atoms with E-state index in [-0.39, 0.29) is 5.56 Å². The number of aromatic nitrogens is 2. The van der Waals surface area contributed by atoms with Crippen LogP contribution in [-0.2, 0) is 13.1 Å². The van der Waals surface area contributed by atoms with Gasteiger partial charge in [0.05, 0.1) is 12.8 Å². The molecule has 0 bridgehead atoms. The lowest BCUT2D eigenvalue weighted by Crippen LogP contribution is -2.30. The molecule has 0 aliphatic carbocycles. The number of ether oxygens (including phenoxy) is 1. The van der Waals surface area contributed by atoms with E-state index in [1.54, 1.807) is 11.8 Å². The molecule has 2 aromatic rings. The van der Waals surface area contributed by atoms with Crippen molar-refractivity contribution in [1.29, 1.82) is 0 Å². The van der Waals surface area contributed by atoms with E-state index >= 15 is 0 Å². The first-order chi connectivity index (χ1) is 10.6. The van der Waals surface area contributed by atoms with E-state index in [0.717, 1.165) is 17.0 Å². The van der Waals surface area contributed by atoms with Crippen LogP contribution in [0, 0.1) is 5.92 Å². The molecule has 0 aliphatic heterocycles. The minimum atomic E-state index is -0.0401. The largest absolute Gasteiger partial charge is 0.496 e. The molecule has 1 heterocycles. The number of rotatable bonds is 6. The van der Waals surface area contributed by atoms with Crippen molar-refractivity contribution < 1.29 is 4.74 Å². The van der Waals surface area contributed by atoms with Crippen molar-refractivity contribution in [1.82, 2.24) is 15.1 Å². The molecular formula is C17H23N3O2. The van der Waals surface area contributed by atoms with Crippen molar-refractivity contribution >= 4 is 0 Å². The third kappa shape index (κ3) is 3.54. The molecule has 0 spiro atoms. The summed E-state index contributed by atoms with van der Waals surface area (Å²) in [7, 11) is 3.47. The number of nitrogens with zero attached hydrogens (tertiary/aromatic N) is 2. The standard InChI is InChI=1S/C17H23N3O2/c1-12(2)11-20-17(21)13(10-18-3)9-15(19-20)14-7-5-6-8-16(14)22-4/h5-9,12,18H,10-11H2,1-4H3. The van der Waals surface area contributed by atoms with E-state index < -0.39 is 0 Å². The van der Waals surface area contributed by atoms with Crippen molar-refractivity contribution in [2.45, 2.75) is 26.9 Å². The second-order valence-corrected chi connectivity index (χ2v) is 5.67. The Bertz CT molecular complexity index is 693. The summed E-state index contributed by atoms with van der Waals surface area (Å²) in [6, 6.07) is 9.55. The molecule has 118 valence electrons. The average molecular weight is 301 g/mol. The van der Waals surface area contributed by atoms with Crippen molar-refractivity contribution in [3.8, 4) is 17.0 Å². The Labute approximate surface area is 130 Å². The van der Waals surface area contributed by atoms with E-state index in [9.17, 15) is 4.79 Å². The highest BCUT2D eigenvalue weighted by atomic mass is 16.5. The van der Waals surface area contributed by atoms with Crippen LogP contribution in [0.2, 0.25) is 0 Å². The zero-order valence-corrected chi connectivity index (χ0v) is 13.6. The van der Waals surface area contributed by atoms with Gasteiger partial charge in [0, 0.05) is 24.2 Å². The first kappa shape index (κ1) is 16.2. The molecule has 22 heavy (non-hydrogen) atoms. The zero-order valence-electron chi connectivity index (χ0n) is 13.6. The van der Waals surface area contributed by atoms with Gasteiger partial charge in [0.25, 0.3) is 5.56 Å². The summed E-state index contributed by atoms with van der Waals surface area (Å²) in [5.74, 6) is 1.10. The van der Waals surface area contributed by atoms with Gasteiger partial charge in [-0.15, -0.1) is 0 Å². The molecule has 2 rings (SSSR count). The summed E-state index contributed by atoms with van der Waals surface area (Å²) in [5, 5.41) is 7.57. The molecule has 0 saturated carbocycles. The number of para-hydroxylation sites is 1. The summed E-state index contributed by atoms with van der Waals surface area (Å²) in [5.41, 5.74) is 2.31. The van der Waals surface area contributed by atoms with Gasteiger partial charge in [0.1, 0.15) is 5.75 Å². The van der Waals surface area contributed by atoms with Gasteiger partial charge in [-0.25, -0.2) is 4.68 Å². The van der Waals surface area contributed by atoms with Crippen LogP contribution in [0.25, 0.3) is 11.3 Å². The van der Waals surface area contributed by atoms with E-state index in [1.165, 1.54) is 0 Å². The minimum Gasteiger partial charge on any atom is -0.496 e. The fourth-order valence-electron chi connectivity index (χ4n) is 2.37. The van der Waals surface area contributed by atoms with Crippen molar-refractivity contribution in [2.75, 3.05) is 14.2 Å². The Balaban J connectivity index is 2.60. The lowest BCUT2D eigenvalue weighted by Gasteiger charge is -2.14. The maximum absolute atomic E-state index is 12.5. The molecule has 0 fully saturated rings.